The number of carbonyl (C=O) groups is 1. The topological polar surface area (TPSA) is 81.6 Å². The van der Waals surface area contributed by atoms with Gasteiger partial charge in [0.15, 0.2) is 23.3 Å². The van der Waals surface area contributed by atoms with E-state index in [9.17, 15) is 9.18 Å². The zero-order chi connectivity index (χ0) is 16.7. The fraction of sp³-hybridized carbons (Fsp3) is 0.312. The predicted octanol–water partition coefficient (Wildman–Crippen LogP) is 2.48. The molecule has 124 valence electrons. The van der Waals surface area contributed by atoms with E-state index in [1.807, 2.05) is 0 Å². The van der Waals surface area contributed by atoms with Crippen LogP contribution in [0.2, 0.25) is 0 Å². The number of carbonyl (C=O) groups excluding carboxylic acids is 1. The summed E-state index contributed by atoms with van der Waals surface area (Å²) in [6.45, 7) is 2.69. The molecule has 4 rings (SSSR count). The number of aryl methyl sites for hydroxylation is 1. The van der Waals surface area contributed by atoms with Crippen LogP contribution in [0.3, 0.4) is 0 Å². The van der Waals surface area contributed by atoms with E-state index in [1.54, 1.807) is 30.0 Å². The summed E-state index contributed by atoms with van der Waals surface area (Å²) in [6.07, 6.45) is -0.481. The molecule has 1 atom stereocenters. The molecule has 0 radical (unpaired) electrons. The van der Waals surface area contributed by atoms with Crippen molar-refractivity contribution in [1.29, 1.82) is 0 Å². The molecule has 0 unspecified atom stereocenters. The Kier molecular flexibility index (Phi) is 3.53. The second-order valence-corrected chi connectivity index (χ2v) is 5.54. The third-order valence-electron chi connectivity index (χ3n) is 3.88. The number of morpholine rings is 1. The van der Waals surface area contributed by atoms with Crippen LogP contribution in [0.4, 0.5) is 4.39 Å². The second kappa shape index (κ2) is 5.72. The maximum absolute atomic E-state index is 13.7. The van der Waals surface area contributed by atoms with Crippen molar-refractivity contribution >= 4 is 16.9 Å². The van der Waals surface area contributed by atoms with Crippen LogP contribution in [0.1, 0.15) is 28.4 Å². The van der Waals surface area contributed by atoms with Crippen molar-refractivity contribution in [1.82, 2.24) is 15.1 Å². The molecule has 1 aliphatic heterocycles. The van der Waals surface area contributed by atoms with Crippen LogP contribution in [0.15, 0.2) is 33.1 Å². The molecule has 2 aromatic heterocycles. The van der Waals surface area contributed by atoms with Crippen molar-refractivity contribution in [2.75, 3.05) is 19.7 Å². The second-order valence-electron chi connectivity index (χ2n) is 5.54. The predicted molar refractivity (Wildman–Crippen MR) is 79.8 cm³/mol. The van der Waals surface area contributed by atoms with E-state index in [2.05, 4.69) is 10.2 Å². The smallest absolute Gasteiger partial charge is 0.289 e. The standard InChI is InChI=1S/C16H14FN3O4/c1-9-18-19-15(23-9)13-8-20(5-6-22-13)16(21)12-7-10-3-2-4-11(17)14(10)24-12/h2-4,7,13H,5-6,8H2,1H3/t13-/m0/s1. The molecule has 1 saturated heterocycles. The van der Waals surface area contributed by atoms with Crippen molar-refractivity contribution in [2.45, 2.75) is 13.0 Å². The van der Waals surface area contributed by atoms with Crippen molar-refractivity contribution in [2.24, 2.45) is 0 Å². The van der Waals surface area contributed by atoms with Gasteiger partial charge in [0.25, 0.3) is 5.91 Å². The molecule has 0 aliphatic carbocycles. The number of ether oxygens (including phenoxy) is 1. The van der Waals surface area contributed by atoms with E-state index < -0.39 is 11.9 Å². The van der Waals surface area contributed by atoms with Crippen LogP contribution < -0.4 is 0 Å². The average Bonchev–Trinajstić information content (AvgIpc) is 3.21. The Morgan fingerprint density at radius 3 is 2.96 bits per heavy atom. The van der Waals surface area contributed by atoms with Crippen LogP contribution in [-0.2, 0) is 4.74 Å². The van der Waals surface area contributed by atoms with E-state index in [-0.39, 0.29) is 23.8 Å². The maximum Gasteiger partial charge on any atom is 0.289 e. The summed E-state index contributed by atoms with van der Waals surface area (Å²) in [4.78, 5) is 14.2. The van der Waals surface area contributed by atoms with Gasteiger partial charge in [-0.05, 0) is 12.1 Å². The molecule has 8 heteroatoms. The van der Waals surface area contributed by atoms with Gasteiger partial charge in [0.05, 0.1) is 13.2 Å². The molecule has 3 aromatic rings. The first-order chi connectivity index (χ1) is 11.6. The first-order valence-electron chi connectivity index (χ1n) is 7.51. The Balaban J connectivity index is 1.57. The number of hydrogen-bond donors (Lipinski definition) is 0. The van der Waals surface area contributed by atoms with E-state index in [0.717, 1.165) is 0 Å². The zero-order valence-corrected chi connectivity index (χ0v) is 12.9. The fourth-order valence-corrected chi connectivity index (χ4v) is 2.71. The van der Waals surface area contributed by atoms with Gasteiger partial charge >= 0.3 is 0 Å². The Labute approximate surface area is 136 Å². The Morgan fingerprint density at radius 1 is 1.33 bits per heavy atom. The molecule has 1 fully saturated rings. The van der Waals surface area contributed by atoms with Crippen LogP contribution in [0.25, 0.3) is 11.0 Å². The van der Waals surface area contributed by atoms with E-state index >= 15 is 0 Å². The van der Waals surface area contributed by atoms with Crippen molar-refractivity contribution in [3.8, 4) is 0 Å². The molecule has 0 spiro atoms. The molecule has 1 aromatic carbocycles. The summed E-state index contributed by atoms with van der Waals surface area (Å²) in [5, 5.41) is 8.25. The van der Waals surface area contributed by atoms with Crippen molar-refractivity contribution < 1.29 is 22.8 Å². The lowest BCUT2D eigenvalue weighted by Crippen LogP contribution is -2.42. The van der Waals surface area contributed by atoms with Gasteiger partial charge in [-0.3, -0.25) is 4.79 Å². The zero-order valence-electron chi connectivity index (χ0n) is 12.9. The van der Waals surface area contributed by atoms with Gasteiger partial charge in [0.1, 0.15) is 0 Å². The summed E-state index contributed by atoms with van der Waals surface area (Å²) in [6, 6.07) is 6.11. The van der Waals surface area contributed by atoms with Gasteiger partial charge in [-0.2, -0.15) is 0 Å². The monoisotopic (exact) mass is 331 g/mol. The van der Waals surface area contributed by atoms with Gasteiger partial charge in [0.2, 0.25) is 11.8 Å². The maximum atomic E-state index is 13.7. The number of amides is 1. The van der Waals surface area contributed by atoms with E-state index in [0.29, 0.717) is 30.3 Å². The highest BCUT2D eigenvalue weighted by Gasteiger charge is 2.31. The summed E-state index contributed by atoms with van der Waals surface area (Å²) in [7, 11) is 0. The lowest BCUT2D eigenvalue weighted by atomic mass is 10.2. The highest BCUT2D eigenvalue weighted by Crippen LogP contribution is 2.26. The largest absolute Gasteiger partial charge is 0.448 e. The van der Waals surface area contributed by atoms with Gasteiger partial charge in [-0.1, -0.05) is 12.1 Å². The molecule has 0 bridgehead atoms. The molecule has 1 aliphatic rings. The number of benzene rings is 1. The Morgan fingerprint density at radius 2 is 2.21 bits per heavy atom. The lowest BCUT2D eigenvalue weighted by Gasteiger charge is -2.30. The summed E-state index contributed by atoms with van der Waals surface area (Å²) in [5.41, 5.74) is 0.0817. The first-order valence-corrected chi connectivity index (χ1v) is 7.51. The number of halogens is 1. The van der Waals surface area contributed by atoms with Gasteiger partial charge < -0.3 is 18.5 Å². The van der Waals surface area contributed by atoms with Gasteiger partial charge in [-0.25, -0.2) is 4.39 Å². The molecule has 3 heterocycles. The van der Waals surface area contributed by atoms with E-state index in [4.69, 9.17) is 13.6 Å². The minimum atomic E-state index is -0.493. The number of rotatable bonds is 2. The fourth-order valence-electron chi connectivity index (χ4n) is 2.71. The number of nitrogens with zero attached hydrogens (tertiary/aromatic N) is 3. The lowest BCUT2D eigenvalue weighted by molar-refractivity contribution is -0.0356. The highest BCUT2D eigenvalue weighted by molar-refractivity contribution is 5.96. The van der Waals surface area contributed by atoms with E-state index in [1.165, 1.54) is 6.07 Å². The Bertz CT molecular complexity index is 904. The number of aromatic nitrogens is 2. The number of hydrogen-bond acceptors (Lipinski definition) is 6. The number of fused-ring (bicyclic) bond motifs is 1. The van der Waals surface area contributed by atoms with Gasteiger partial charge in [-0.15, -0.1) is 10.2 Å². The quantitative estimate of drug-likeness (QED) is 0.717. The molecule has 0 N–H and O–H groups in total. The minimum Gasteiger partial charge on any atom is -0.448 e. The van der Waals surface area contributed by atoms with Crippen LogP contribution in [0, 0.1) is 12.7 Å². The normalized spacial score (nSPS) is 18.2. The molecular weight excluding hydrogens is 317 g/mol. The van der Waals surface area contributed by atoms with Crippen LogP contribution in [-0.4, -0.2) is 40.7 Å². The van der Waals surface area contributed by atoms with Crippen LogP contribution >= 0.6 is 0 Å². The highest BCUT2D eigenvalue weighted by atomic mass is 19.1. The first kappa shape index (κ1) is 14.8. The summed E-state index contributed by atoms with van der Waals surface area (Å²) in [5.74, 6) is 0.0470. The third-order valence-corrected chi connectivity index (χ3v) is 3.88. The van der Waals surface area contributed by atoms with Crippen molar-refractivity contribution in [3.63, 3.8) is 0 Å². The molecule has 7 nitrogen and oxygen atoms in total. The third kappa shape index (κ3) is 2.54. The molecule has 24 heavy (non-hydrogen) atoms. The summed E-state index contributed by atoms with van der Waals surface area (Å²) >= 11 is 0. The SMILES string of the molecule is Cc1nnc([C@@H]2CN(C(=O)c3cc4cccc(F)c4o3)CCO2)o1. The molecule has 0 saturated carbocycles. The molecular formula is C16H14FN3O4. The minimum absolute atomic E-state index is 0.0817. The number of furan rings is 1. The number of para-hydroxylation sites is 1. The average molecular weight is 331 g/mol. The Hall–Kier alpha value is -2.74. The van der Waals surface area contributed by atoms with Crippen LogP contribution in [0.5, 0.6) is 0 Å². The summed E-state index contributed by atoms with van der Waals surface area (Å²) < 4.78 is 30.1. The van der Waals surface area contributed by atoms with Gasteiger partial charge in [0, 0.05) is 18.9 Å². The molecule has 1 amide bonds. The van der Waals surface area contributed by atoms with Crippen molar-refractivity contribution in [3.05, 3.63) is 47.6 Å².